The van der Waals surface area contributed by atoms with E-state index in [1.54, 1.807) is 30.3 Å². The van der Waals surface area contributed by atoms with Gasteiger partial charge in [0.2, 0.25) is 11.3 Å². The van der Waals surface area contributed by atoms with Crippen LogP contribution in [0.3, 0.4) is 0 Å². The molecule has 1 aliphatic heterocycles. The molecule has 1 amide bonds. The molecule has 3 N–H and O–H groups in total. The van der Waals surface area contributed by atoms with Crippen LogP contribution in [0, 0.1) is 0 Å². The lowest BCUT2D eigenvalue weighted by Gasteiger charge is -2.22. The first-order chi connectivity index (χ1) is 14.5. The van der Waals surface area contributed by atoms with Crippen LogP contribution in [-0.2, 0) is 13.0 Å². The molecule has 2 aromatic carbocycles. The Morgan fingerprint density at radius 3 is 2.67 bits per heavy atom. The smallest absolute Gasteiger partial charge is 0.257 e. The van der Waals surface area contributed by atoms with E-state index in [1.807, 2.05) is 6.07 Å². The summed E-state index contributed by atoms with van der Waals surface area (Å²) in [4.78, 5) is 38.3. The first kappa shape index (κ1) is 20.1. The Balaban J connectivity index is 1.73. The molecule has 154 valence electrons. The molecule has 0 aliphatic carbocycles. The van der Waals surface area contributed by atoms with Gasteiger partial charge in [-0.05, 0) is 48.2 Å². The van der Waals surface area contributed by atoms with E-state index < -0.39 is 11.3 Å². The minimum atomic E-state index is -0.547. The second kappa shape index (κ2) is 8.30. The van der Waals surface area contributed by atoms with Crippen LogP contribution in [0.1, 0.15) is 32.7 Å². The second-order valence-electron chi connectivity index (χ2n) is 7.17. The number of carbonyl (C=O) groups excluding carboxylic acids is 2. The Morgan fingerprint density at radius 1 is 1.17 bits per heavy atom. The average Bonchev–Trinajstić information content (AvgIpc) is 2.75. The second-order valence-corrected chi connectivity index (χ2v) is 7.60. The highest BCUT2D eigenvalue weighted by Gasteiger charge is 2.24. The van der Waals surface area contributed by atoms with E-state index in [0.717, 1.165) is 11.1 Å². The van der Waals surface area contributed by atoms with Gasteiger partial charge < -0.3 is 15.7 Å². The van der Waals surface area contributed by atoms with Crippen molar-refractivity contribution in [1.29, 1.82) is 0 Å². The van der Waals surface area contributed by atoms with Gasteiger partial charge >= 0.3 is 0 Å². The number of aliphatic hydroxyl groups is 1. The Bertz CT molecular complexity index is 1200. The quantitative estimate of drug-likeness (QED) is 0.563. The number of nitrogens with zero attached hydrogens (tertiary/aromatic N) is 1. The SMILES string of the molecule is O=C(NCc1ccc(Cl)cc1)c1cn2c3c(cc(CCCO)cc3c1=O)NCC2=O. The van der Waals surface area contributed by atoms with Crippen molar-refractivity contribution in [2.24, 2.45) is 0 Å². The average molecular weight is 426 g/mol. The van der Waals surface area contributed by atoms with E-state index in [1.165, 1.54) is 10.8 Å². The molecule has 7 nitrogen and oxygen atoms in total. The number of aliphatic hydroxyl groups excluding tert-OH is 1. The van der Waals surface area contributed by atoms with Crippen LogP contribution < -0.4 is 16.1 Å². The van der Waals surface area contributed by atoms with Crippen LogP contribution in [-0.4, -0.2) is 34.6 Å². The number of halogens is 1. The molecule has 0 bridgehead atoms. The molecule has 4 rings (SSSR count). The largest absolute Gasteiger partial charge is 0.396 e. The van der Waals surface area contributed by atoms with E-state index in [4.69, 9.17) is 16.7 Å². The minimum Gasteiger partial charge on any atom is -0.396 e. The molecular formula is C22H20ClN3O4. The number of hydrogen-bond donors (Lipinski definition) is 3. The van der Waals surface area contributed by atoms with Gasteiger partial charge in [-0.3, -0.25) is 19.0 Å². The number of aromatic nitrogens is 1. The van der Waals surface area contributed by atoms with Crippen LogP contribution in [0.2, 0.25) is 5.02 Å². The van der Waals surface area contributed by atoms with Crippen LogP contribution >= 0.6 is 11.6 Å². The highest BCUT2D eigenvalue weighted by molar-refractivity contribution is 6.30. The zero-order chi connectivity index (χ0) is 21.3. The van der Waals surface area contributed by atoms with Crippen molar-refractivity contribution in [2.45, 2.75) is 19.4 Å². The molecule has 8 heteroatoms. The number of hydrogen-bond acceptors (Lipinski definition) is 5. The predicted octanol–water partition coefficient (Wildman–Crippen LogP) is 2.58. The molecule has 0 spiro atoms. The third-order valence-electron chi connectivity index (χ3n) is 5.09. The van der Waals surface area contributed by atoms with Gasteiger partial charge in [0.05, 0.1) is 17.7 Å². The molecule has 3 aromatic rings. The van der Waals surface area contributed by atoms with Gasteiger partial charge in [-0.1, -0.05) is 23.7 Å². The van der Waals surface area contributed by atoms with E-state index in [-0.39, 0.29) is 31.2 Å². The third-order valence-corrected chi connectivity index (χ3v) is 5.34. The van der Waals surface area contributed by atoms with Crippen molar-refractivity contribution in [1.82, 2.24) is 9.88 Å². The Morgan fingerprint density at radius 2 is 1.93 bits per heavy atom. The number of aryl methyl sites for hydroxylation is 1. The topological polar surface area (TPSA) is 100 Å². The van der Waals surface area contributed by atoms with E-state index in [2.05, 4.69) is 10.6 Å². The van der Waals surface area contributed by atoms with Gasteiger partial charge in [-0.2, -0.15) is 0 Å². The fraction of sp³-hybridized carbons (Fsp3) is 0.227. The number of nitrogens with one attached hydrogen (secondary N) is 2. The molecule has 0 fully saturated rings. The van der Waals surface area contributed by atoms with Gasteiger partial charge in [0.25, 0.3) is 5.91 Å². The highest BCUT2D eigenvalue weighted by Crippen LogP contribution is 2.27. The lowest BCUT2D eigenvalue weighted by atomic mass is 10.0. The fourth-order valence-electron chi connectivity index (χ4n) is 3.58. The monoisotopic (exact) mass is 425 g/mol. The minimum absolute atomic E-state index is 0.0384. The molecule has 0 saturated heterocycles. The zero-order valence-corrected chi connectivity index (χ0v) is 16.8. The Hall–Kier alpha value is -3.16. The van der Waals surface area contributed by atoms with Crippen molar-refractivity contribution in [2.75, 3.05) is 18.5 Å². The summed E-state index contributed by atoms with van der Waals surface area (Å²) in [6.45, 7) is 0.335. The summed E-state index contributed by atoms with van der Waals surface area (Å²) in [7, 11) is 0. The molecule has 0 saturated carbocycles. The van der Waals surface area contributed by atoms with Gasteiger partial charge in [-0.25, -0.2) is 0 Å². The zero-order valence-electron chi connectivity index (χ0n) is 16.1. The fourth-order valence-corrected chi connectivity index (χ4v) is 3.71. The van der Waals surface area contributed by atoms with Crippen molar-refractivity contribution in [3.8, 4) is 0 Å². The normalized spacial score (nSPS) is 12.7. The van der Waals surface area contributed by atoms with E-state index in [0.29, 0.717) is 34.5 Å². The third kappa shape index (κ3) is 3.81. The lowest BCUT2D eigenvalue weighted by Crippen LogP contribution is -2.33. The molecule has 0 radical (unpaired) electrons. The van der Waals surface area contributed by atoms with Crippen LogP contribution in [0.25, 0.3) is 10.9 Å². The van der Waals surface area contributed by atoms with Gasteiger partial charge in [0.1, 0.15) is 5.56 Å². The number of carbonyl (C=O) groups is 2. The summed E-state index contributed by atoms with van der Waals surface area (Å²) < 4.78 is 1.37. The maximum absolute atomic E-state index is 13.1. The van der Waals surface area contributed by atoms with Crippen molar-refractivity contribution in [3.63, 3.8) is 0 Å². The van der Waals surface area contributed by atoms with E-state index >= 15 is 0 Å². The van der Waals surface area contributed by atoms with Gasteiger partial charge in [0.15, 0.2) is 0 Å². The molecule has 1 aliphatic rings. The molecule has 0 atom stereocenters. The standard InChI is InChI=1S/C22H20ClN3O4/c23-15-5-3-13(4-6-15)10-25-22(30)17-12-26-19(28)11-24-18-9-14(2-1-7-27)8-16(20(18)26)21(17)29/h3-6,8-9,12,24,27H,1-2,7,10-11H2,(H,25,30). The Kier molecular flexibility index (Phi) is 5.57. The maximum Gasteiger partial charge on any atom is 0.257 e. The summed E-state index contributed by atoms with van der Waals surface area (Å²) in [6.07, 6.45) is 2.46. The van der Waals surface area contributed by atoms with Crippen LogP contribution in [0.5, 0.6) is 0 Å². The number of benzene rings is 2. The number of rotatable bonds is 6. The molecule has 1 aromatic heterocycles. The Labute approximate surface area is 177 Å². The number of anilines is 1. The summed E-state index contributed by atoms with van der Waals surface area (Å²) >= 11 is 5.87. The summed E-state index contributed by atoms with van der Waals surface area (Å²) in [5.41, 5.74) is 2.32. The molecule has 2 heterocycles. The molecular weight excluding hydrogens is 406 g/mol. The molecule has 30 heavy (non-hydrogen) atoms. The first-order valence-electron chi connectivity index (χ1n) is 9.61. The molecule has 0 unspecified atom stereocenters. The number of amides is 1. The van der Waals surface area contributed by atoms with Crippen molar-refractivity contribution >= 4 is 40.0 Å². The highest BCUT2D eigenvalue weighted by atomic mass is 35.5. The van der Waals surface area contributed by atoms with Crippen molar-refractivity contribution < 1.29 is 14.7 Å². The lowest BCUT2D eigenvalue weighted by molar-refractivity contribution is 0.0929. The maximum atomic E-state index is 13.1. The summed E-state index contributed by atoms with van der Waals surface area (Å²) in [5, 5.41) is 15.8. The van der Waals surface area contributed by atoms with Crippen LogP contribution in [0.4, 0.5) is 5.69 Å². The summed E-state index contributed by atoms with van der Waals surface area (Å²) in [6, 6.07) is 10.6. The van der Waals surface area contributed by atoms with E-state index in [9.17, 15) is 14.4 Å². The predicted molar refractivity (Wildman–Crippen MR) is 115 cm³/mol. The van der Waals surface area contributed by atoms with Crippen molar-refractivity contribution in [3.05, 3.63) is 74.5 Å². The number of pyridine rings is 1. The van der Waals surface area contributed by atoms with Gasteiger partial charge in [-0.15, -0.1) is 0 Å². The van der Waals surface area contributed by atoms with Crippen LogP contribution in [0.15, 0.2) is 47.4 Å². The summed E-state index contributed by atoms with van der Waals surface area (Å²) in [5.74, 6) is -0.795. The van der Waals surface area contributed by atoms with Gasteiger partial charge in [0, 0.05) is 29.8 Å². The first-order valence-corrected chi connectivity index (χ1v) is 9.98.